The van der Waals surface area contributed by atoms with Crippen LogP contribution >= 0.6 is 11.6 Å². The van der Waals surface area contributed by atoms with Crippen molar-refractivity contribution in [1.29, 1.82) is 0 Å². The molecule has 5 nitrogen and oxygen atoms in total. The van der Waals surface area contributed by atoms with Gasteiger partial charge in [0, 0.05) is 40.6 Å². The van der Waals surface area contributed by atoms with Gasteiger partial charge in [0.25, 0.3) is 5.91 Å². The van der Waals surface area contributed by atoms with Gasteiger partial charge < -0.3 is 10.6 Å². The molecule has 2 N–H and O–H groups in total. The van der Waals surface area contributed by atoms with Crippen LogP contribution in [0.5, 0.6) is 0 Å². The minimum absolute atomic E-state index is 0.0935. The maximum absolute atomic E-state index is 12.3. The Morgan fingerprint density at radius 3 is 2.56 bits per heavy atom. The number of anilines is 1. The number of halogens is 1. The van der Waals surface area contributed by atoms with Gasteiger partial charge in [-0.15, -0.1) is 0 Å². The molecular formula is C21H21ClN4O. The molecule has 1 aromatic carbocycles. The predicted molar refractivity (Wildman–Crippen MR) is 108 cm³/mol. The Bertz CT molecular complexity index is 939. The highest BCUT2D eigenvalue weighted by atomic mass is 35.5. The number of fused-ring (bicyclic) bond motifs is 1. The second-order valence-electron chi connectivity index (χ2n) is 6.90. The molecule has 1 aliphatic carbocycles. The number of aromatic nitrogens is 2. The standard InChI is InChI=1S/C21H21ClN4O/c22-14-4-9-17-18(10-12-24-20(17)13-14)25-15-5-7-16(8-6-15)26-21(27)19-3-1-2-11-23-19/h1-4,9-13,15-16H,5-8H2,(H,24,25)(H,26,27). The molecule has 0 radical (unpaired) electrons. The second kappa shape index (κ2) is 7.92. The minimum atomic E-state index is -0.0935. The van der Waals surface area contributed by atoms with Crippen LogP contribution in [0.1, 0.15) is 36.2 Å². The van der Waals surface area contributed by atoms with Gasteiger partial charge in [-0.1, -0.05) is 17.7 Å². The molecule has 1 aliphatic rings. The molecule has 2 aromatic heterocycles. The Balaban J connectivity index is 1.35. The van der Waals surface area contributed by atoms with Crippen molar-refractivity contribution < 1.29 is 4.79 Å². The monoisotopic (exact) mass is 380 g/mol. The van der Waals surface area contributed by atoms with Gasteiger partial charge in [-0.3, -0.25) is 14.8 Å². The van der Waals surface area contributed by atoms with E-state index in [1.807, 2.05) is 36.4 Å². The average molecular weight is 381 g/mol. The molecule has 1 saturated carbocycles. The van der Waals surface area contributed by atoms with Crippen molar-refractivity contribution in [2.45, 2.75) is 37.8 Å². The first-order valence-electron chi connectivity index (χ1n) is 9.22. The zero-order chi connectivity index (χ0) is 18.6. The average Bonchev–Trinajstić information content (AvgIpc) is 2.70. The lowest BCUT2D eigenvalue weighted by Crippen LogP contribution is -2.40. The van der Waals surface area contributed by atoms with Gasteiger partial charge in [0.05, 0.1) is 5.52 Å². The molecule has 2 heterocycles. The number of pyridine rings is 2. The zero-order valence-electron chi connectivity index (χ0n) is 14.9. The number of hydrogen-bond donors (Lipinski definition) is 2. The van der Waals surface area contributed by atoms with Gasteiger partial charge in [0.15, 0.2) is 0 Å². The maximum Gasteiger partial charge on any atom is 0.270 e. The van der Waals surface area contributed by atoms with Crippen LogP contribution in [0.4, 0.5) is 5.69 Å². The fourth-order valence-corrected chi connectivity index (χ4v) is 3.77. The van der Waals surface area contributed by atoms with Crippen molar-refractivity contribution >= 4 is 34.1 Å². The first-order chi connectivity index (χ1) is 13.2. The SMILES string of the molecule is O=C(NC1CCC(Nc2ccnc3cc(Cl)ccc23)CC1)c1ccccn1. The highest BCUT2D eigenvalue weighted by Gasteiger charge is 2.23. The van der Waals surface area contributed by atoms with Crippen LogP contribution in [0.25, 0.3) is 10.9 Å². The number of rotatable bonds is 4. The number of benzene rings is 1. The van der Waals surface area contributed by atoms with Crippen LogP contribution in [0.2, 0.25) is 5.02 Å². The van der Waals surface area contributed by atoms with E-state index in [-0.39, 0.29) is 11.9 Å². The Hall–Kier alpha value is -2.66. The minimum Gasteiger partial charge on any atom is -0.382 e. The predicted octanol–water partition coefficient (Wildman–Crippen LogP) is 4.44. The molecule has 0 unspecified atom stereocenters. The molecule has 27 heavy (non-hydrogen) atoms. The van der Waals surface area contributed by atoms with Crippen molar-refractivity contribution in [2.75, 3.05) is 5.32 Å². The van der Waals surface area contributed by atoms with E-state index in [1.54, 1.807) is 18.5 Å². The van der Waals surface area contributed by atoms with Crippen LogP contribution in [-0.4, -0.2) is 28.0 Å². The number of nitrogens with one attached hydrogen (secondary N) is 2. The van der Waals surface area contributed by atoms with Crippen LogP contribution in [0.3, 0.4) is 0 Å². The Morgan fingerprint density at radius 1 is 0.963 bits per heavy atom. The lowest BCUT2D eigenvalue weighted by Gasteiger charge is -2.30. The first kappa shape index (κ1) is 17.7. The molecule has 0 aliphatic heterocycles. The van der Waals surface area contributed by atoms with Crippen molar-refractivity contribution in [1.82, 2.24) is 15.3 Å². The van der Waals surface area contributed by atoms with Crippen molar-refractivity contribution in [3.63, 3.8) is 0 Å². The zero-order valence-corrected chi connectivity index (χ0v) is 15.6. The number of hydrogen-bond acceptors (Lipinski definition) is 4. The van der Waals surface area contributed by atoms with Gasteiger partial charge in [-0.05, 0) is 62.1 Å². The molecule has 0 bridgehead atoms. The van der Waals surface area contributed by atoms with Crippen LogP contribution in [-0.2, 0) is 0 Å². The second-order valence-corrected chi connectivity index (χ2v) is 7.34. The summed E-state index contributed by atoms with van der Waals surface area (Å²) in [5, 5.41) is 8.51. The Kier molecular flexibility index (Phi) is 5.21. The molecule has 0 spiro atoms. The van der Waals surface area contributed by atoms with E-state index in [1.165, 1.54) is 0 Å². The lowest BCUT2D eigenvalue weighted by atomic mass is 9.90. The third kappa shape index (κ3) is 4.19. The normalized spacial score (nSPS) is 19.6. The van der Waals surface area contributed by atoms with Crippen molar-refractivity contribution in [2.24, 2.45) is 0 Å². The number of nitrogens with zero attached hydrogens (tertiary/aromatic N) is 2. The van der Waals surface area contributed by atoms with E-state index in [0.29, 0.717) is 16.8 Å². The maximum atomic E-state index is 12.3. The van der Waals surface area contributed by atoms with Crippen molar-refractivity contribution in [3.8, 4) is 0 Å². The van der Waals surface area contributed by atoms with Crippen LogP contribution in [0, 0.1) is 0 Å². The van der Waals surface area contributed by atoms with Gasteiger partial charge in [-0.25, -0.2) is 0 Å². The number of carbonyl (C=O) groups excluding carboxylic acids is 1. The van der Waals surface area contributed by atoms with E-state index >= 15 is 0 Å². The van der Waals surface area contributed by atoms with Gasteiger partial charge in [0.1, 0.15) is 5.69 Å². The third-order valence-corrected chi connectivity index (χ3v) is 5.26. The summed E-state index contributed by atoms with van der Waals surface area (Å²) in [6.45, 7) is 0. The highest BCUT2D eigenvalue weighted by Crippen LogP contribution is 2.28. The highest BCUT2D eigenvalue weighted by molar-refractivity contribution is 6.31. The smallest absolute Gasteiger partial charge is 0.270 e. The van der Waals surface area contributed by atoms with Crippen LogP contribution < -0.4 is 10.6 Å². The molecule has 3 aromatic rings. The van der Waals surface area contributed by atoms with E-state index < -0.39 is 0 Å². The fraction of sp³-hybridized carbons (Fsp3) is 0.286. The number of amides is 1. The molecule has 0 saturated heterocycles. The van der Waals surface area contributed by atoms with E-state index in [0.717, 1.165) is 42.3 Å². The molecular weight excluding hydrogens is 360 g/mol. The molecule has 6 heteroatoms. The summed E-state index contributed by atoms with van der Waals surface area (Å²) in [6, 6.07) is 13.7. The topological polar surface area (TPSA) is 66.9 Å². The first-order valence-corrected chi connectivity index (χ1v) is 9.59. The molecule has 1 fully saturated rings. The van der Waals surface area contributed by atoms with E-state index in [4.69, 9.17) is 11.6 Å². The van der Waals surface area contributed by atoms with E-state index in [2.05, 4.69) is 20.6 Å². The van der Waals surface area contributed by atoms with E-state index in [9.17, 15) is 4.79 Å². The molecule has 138 valence electrons. The molecule has 1 amide bonds. The summed E-state index contributed by atoms with van der Waals surface area (Å²) < 4.78 is 0. The molecule has 0 atom stereocenters. The van der Waals surface area contributed by atoms with Gasteiger partial charge >= 0.3 is 0 Å². The Labute approximate surface area is 163 Å². The van der Waals surface area contributed by atoms with Gasteiger partial charge in [0.2, 0.25) is 0 Å². The number of carbonyl (C=O) groups is 1. The third-order valence-electron chi connectivity index (χ3n) is 5.02. The summed E-state index contributed by atoms with van der Waals surface area (Å²) in [5.41, 5.74) is 2.45. The van der Waals surface area contributed by atoms with Gasteiger partial charge in [-0.2, -0.15) is 0 Å². The lowest BCUT2D eigenvalue weighted by molar-refractivity contribution is 0.0921. The quantitative estimate of drug-likeness (QED) is 0.702. The largest absolute Gasteiger partial charge is 0.382 e. The fourth-order valence-electron chi connectivity index (χ4n) is 3.61. The summed E-state index contributed by atoms with van der Waals surface area (Å²) in [4.78, 5) is 20.8. The summed E-state index contributed by atoms with van der Waals surface area (Å²) in [5.74, 6) is -0.0935. The summed E-state index contributed by atoms with van der Waals surface area (Å²) >= 11 is 6.07. The van der Waals surface area contributed by atoms with Crippen molar-refractivity contribution in [3.05, 3.63) is 65.6 Å². The summed E-state index contributed by atoms with van der Waals surface area (Å²) in [7, 11) is 0. The van der Waals surface area contributed by atoms with Crippen LogP contribution in [0.15, 0.2) is 54.9 Å². The Morgan fingerprint density at radius 2 is 1.78 bits per heavy atom. The molecule has 4 rings (SSSR count). The summed E-state index contributed by atoms with van der Waals surface area (Å²) in [6.07, 6.45) is 7.35.